The molecule has 0 bridgehead atoms. The van der Waals surface area contributed by atoms with Gasteiger partial charge in [0, 0.05) is 17.2 Å². The van der Waals surface area contributed by atoms with Crippen LogP contribution in [0.5, 0.6) is 5.75 Å². The van der Waals surface area contributed by atoms with Crippen molar-refractivity contribution < 1.29 is 5.11 Å². The van der Waals surface area contributed by atoms with Gasteiger partial charge in [0.1, 0.15) is 5.75 Å². The molecule has 0 aliphatic rings. The number of hydrogen-bond acceptors (Lipinski definition) is 4. The molecule has 0 spiro atoms. The highest BCUT2D eigenvalue weighted by Gasteiger charge is 2.02. The summed E-state index contributed by atoms with van der Waals surface area (Å²) in [7, 11) is 0. The standard InChI is InChI=1S/C16H12N2OS/c19-14-8-6-12(7-9-14)10-17-16-18-15(11-20-16)13-4-2-1-3-5-13/h1-11,19H. The fourth-order valence-electron chi connectivity index (χ4n) is 1.76. The van der Waals surface area contributed by atoms with Crippen molar-refractivity contribution in [2.24, 2.45) is 4.99 Å². The third kappa shape index (κ3) is 2.92. The molecule has 0 saturated carbocycles. The Kier molecular flexibility index (Phi) is 3.56. The summed E-state index contributed by atoms with van der Waals surface area (Å²) >= 11 is 1.51. The molecule has 0 aliphatic heterocycles. The maximum Gasteiger partial charge on any atom is 0.209 e. The Hall–Kier alpha value is -2.46. The highest BCUT2D eigenvalue weighted by Crippen LogP contribution is 2.26. The van der Waals surface area contributed by atoms with E-state index in [1.807, 2.05) is 47.8 Å². The first kappa shape index (κ1) is 12.6. The van der Waals surface area contributed by atoms with Crippen molar-refractivity contribution in [3.05, 3.63) is 65.5 Å². The quantitative estimate of drug-likeness (QED) is 0.728. The van der Waals surface area contributed by atoms with E-state index in [2.05, 4.69) is 9.98 Å². The largest absolute Gasteiger partial charge is 0.508 e. The molecule has 3 aromatic rings. The normalized spacial score (nSPS) is 11.0. The lowest BCUT2D eigenvalue weighted by Gasteiger charge is -1.94. The summed E-state index contributed by atoms with van der Waals surface area (Å²) in [5, 5.41) is 11.9. The number of aromatic nitrogens is 1. The van der Waals surface area contributed by atoms with Crippen molar-refractivity contribution in [3.8, 4) is 17.0 Å². The van der Waals surface area contributed by atoms with Crippen molar-refractivity contribution in [3.63, 3.8) is 0 Å². The molecule has 0 radical (unpaired) electrons. The number of aliphatic imine (C=N–C) groups is 1. The zero-order valence-electron chi connectivity index (χ0n) is 10.6. The van der Waals surface area contributed by atoms with Gasteiger partial charge in [0.15, 0.2) is 0 Å². The average molecular weight is 280 g/mol. The van der Waals surface area contributed by atoms with Crippen LogP contribution < -0.4 is 0 Å². The van der Waals surface area contributed by atoms with Crippen molar-refractivity contribution >= 4 is 22.7 Å². The molecule has 0 atom stereocenters. The molecule has 98 valence electrons. The molecule has 1 heterocycles. The lowest BCUT2D eigenvalue weighted by molar-refractivity contribution is 0.475. The lowest BCUT2D eigenvalue weighted by Crippen LogP contribution is -1.79. The molecule has 1 N–H and O–H groups in total. The van der Waals surface area contributed by atoms with Gasteiger partial charge in [-0.1, -0.05) is 30.3 Å². The highest BCUT2D eigenvalue weighted by atomic mass is 32.1. The molecule has 2 aromatic carbocycles. The van der Waals surface area contributed by atoms with E-state index in [9.17, 15) is 5.11 Å². The molecule has 0 fully saturated rings. The number of rotatable bonds is 3. The molecular weight excluding hydrogens is 268 g/mol. The zero-order chi connectivity index (χ0) is 13.8. The predicted molar refractivity (Wildman–Crippen MR) is 82.9 cm³/mol. The van der Waals surface area contributed by atoms with Gasteiger partial charge in [0.05, 0.1) is 5.69 Å². The van der Waals surface area contributed by atoms with E-state index in [-0.39, 0.29) is 5.75 Å². The van der Waals surface area contributed by atoms with Crippen LogP contribution in [0.25, 0.3) is 11.3 Å². The van der Waals surface area contributed by atoms with E-state index in [4.69, 9.17) is 0 Å². The molecule has 0 unspecified atom stereocenters. The average Bonchev–Trinajstić information content (AvgIpc) is 2.97. The van der Waals surface area contributed by atoms with Crippen LogP contribution in [-0.4, -0.2) is 16.3 Å². The molecule has 3 rings (SSSR count). The summed E-state index contributed by atoms with van der Waals surface area (Å²) in [5.41, 5.74) is 2.96. The van der Waals surface area contributed by atoms with Crippen LogP contribution >= 0.6 is 11.3 Å². The summed E-state index contributed by atoms with van der Waals surface area (Å²) in [6.07, 6.45) is 1.74. The van der Waals surface area contributed by atoms with Crippen LogP contribution in [0.15, 0.2) is 65.0 Å². The summed E-state index contributed by atoms with van der Waals surface area (Å²) in [6.45, 7) is 0. The maximum atomic E-state index is 9.22. The third-order valence-corrected chi connectivity index (χ3v) is 3.53. The summed E-state index contributed by atoms with van der Waals surface area (Å²) in [4.78, 5) is 8.84. The minimum absolute atomic E-state index is 0.253. The number of phenolic OH excluding ortho intramolecular Hbond substituents is 1. The Balaban J connectivity index is 1.79. The topological polar surface area (TPSA) is 45.5 Å². The smallest absolute Gasteiger partial charge is 0.209 e. The van der Waals surface area contributed by atoms with Gasteiger partial charge in [0.25, 0.3) is 0 Å². The van der Waals surface area contributed by atoms with E-state index in [0.717, 1.165) is 22.0 Å². The number of thiazole rings is 1. The number of hydrogen-bond donors (Lipinski definition) is 1. The van der Waals surface area contributed by atoms with Crippen LogP contribution in [0.1, 0.15) is 5.56 Å². The summed E-state index contributed by atoms with van der Waals surface area (Å²) in [6, 6.07) is 16.9. The third-order valence-electron chi connectivity index (χ3n) is 2.78. The first-order valence-electron chi connectivity index (χ1n) is 6.15. The van der Waals surface area contributed by atoms with E-state index in [1.54, 1.807) is 18.3 Å². The highest BCUT2D eigenvalue weighted by molar-refractivity contribution is 7.13. The molecule has 0 aliphatic carbocycles. The first-order valence-corrected chi connectivity index (χ1v) is 7.03. The molecule has 20 heavy (non-hydrogen) atoms. The zero-order valence-corrected chi connectivity index (χ0v) is 11.4. The monoisotopic (exact) mass is 280 g/mol. The number of aromatic hydroxyl groups is 1. The molecule has 4 heteroatoms. The Bertz CT molecular complexity index is 718. The van der Waals surface area contributed by atoms with Crippen LogP contribution in [0, 0.1) is 0 Å². The second-order valence-electron chi connectivity index (χ2n) is 4.23. The molecule has 3 nitrogen and oxygen atoms in total. The van der Waals surface area contributed by atoms with Gasteiger partial charge in [-0.05, 0) is 29.8 Å². The van der Waals surface area contributed by atoms with Crippen LogP contribution in [0.3, 0.4) is 0 Å². The molecule has 0 saturated heterocycles. The first-order chi connectivity index (χ1) is 9.81. The van der Waals surface area contributed by atoms with Crippen molar-refractivity contribution in [1.29, 1.82) is 0 Å². The molecule has 1 aromatic heterocycles. The van der Waals surface area contributed by atoms with Crippen molar-refractivity contribution in [1.82, 2.24) is 4.98 Å². The van der Waals surface area contributed by atoms with Crippen LogP contribution in [0.2, 0.25) is 0 Å². The van der Waals surface area contributed by atoms with E-state index < -0.39 is 0 Å². The van der Waals surface area contributed by atoms with Crippen molar-refractivity contribution in [2.75, 3.05) is 0 Å². The Morgan fingerprint density at radius 3 is 2.50 bits per heavy atom. The summed E-state index contributed by atoms with van der Waals surface area (Å²) in [5.74, 6) is 0.253. The second kappa shape index (κ2) is 5.67. The van der Waals surface area contributed by atoms with E-state index >= 15 is 0 Å². The SMILES string of the molecule is Oc1ccc(C=Nc2nc(-c3ccccc3)cs2)cc1. The van der Waals surface area contributed by atoms with Gasteiger partial charge >= 0.3 is 0 Å². The van der Waals surface area contributed by atoms with E-state index in [0.29, 0.717) is 0 Å². The van der Waals surface area contributed by atoms with Gasteiger partial charge < -0.3 is 5.11 Å². The Morgan fingerprint density at radius 1 is 1.00 bits per heavy atom. The van der Waals surface area contributed by atoms with Gasteiger partial charge in [0.2, 0.25) is 5.13 Å². The molecular formula is C16H12N2OS. The Labute approximate surface area is 120 Å². The lowest BCUT2D eigenvalue weighted by atomic mass is 10.2. The van der Waals surface area contributed by atoms with Crippen molar-refractivity contribution in [2.45, 2.75) is 0 Å². The van der Waals surface area contributed by atoms with Gasteiger partial charge in [-0.2, -0.15) is 0 Å². The van der Waals surface area contributed by atoms with Gasteiger partial charge in [-0.3, -0.25) is 0 Å². The number of benzene rings is 2. The van der Waals surface area contributed by atoms with Crippen LogP contribution in [0.4, 0.5) is 5.13 Å². The predicted octanol–water partition coefficient (Wildman–Crippen LogP) is 4.27. The minimum atomic E-state index is 0.253. The fourth-order valence-corrected chi connectivity index (χ4v) is 2.43. The second-order valence-corrected chi connectivity index (χ2v) is 5.07. The maximum absolute atomic E-state index is 9.22. The van der Waals surface area contributed by atoms with E-state index in [1.165, 1.54) is 11.3 Å². The van der Waals surface area contributed by atoms with Gasteiger partial charge in [-0.25, -0.2) is 9.98 Å². The fraction of sp³-hybridized carbons (Fsp3) is 0. The summed E-state index contributed by atoms with van der Waals surface area (Å²) < 4.78 is 0. The minimum Gasteiger partial charge on any atom is -0.508 e. The number of nitrogens with zero attached hydrogens (tertiary/aromatic N) is 2. The number of phenols is 1. The molecule has 0 amide bonds. The Morgan fingerprint density at radius 2 is 1.75 bits per heavy atom. The van der Waals surface area contributed by atoms with Gasteiger partial charge in [-0.15, -0.1) is 11.3 Å². The van der Waals surface area contributed by atoms with Crippen LogP contribution in [-0.2, 0) is 0 Å².